The van der Waals surface area contributed by atoms with E-state index in [2.05, 4.69) is 55.5 Å². The zero-order valence-corrected chi connectivity index (χ0v) is 16.4. The summed E-state index contributed by atoms with van der Waals surface area (Å²) >= 11 is 6.56. The van der Waals surface area contributed by atoms with Crippen LogP contribution in [0.1, 0.15) is 19.7 Å². The second kappa shape index (κ2) is 8.09. The molecule has 3 aromatic rings. The van der Waals surface area contributed by atoms with E-state index in [1.54, 1.807) is 0 Å². The molecule has 0 aliphatic heterocycles. The van der Waals surface area contributed by atoms with Crippen LogP contribution in [0.3, 0.4) is 0 Å². The number of halogens is 1. The number of rotatable bonds is 7. The molecule has 0 amide bonds. The third-order valence-corrected chi connectivity index (χ3v) is 5.65. The summed E-state index contributed by atoms with van der Waals surface area (Å²) in [5, 5.41) is 20.6. The number of hydrogen-bond donors (Lipinski definition) is 1. The first-order valence-electron chi connectivity index (χ1n) is 7.39. The van der Waals surface area contributed by atoms with Gasteiger partial charge in [0.05, 0.1) is 11.3 Å². The van der Waals surface area contributed by atoms with E-state index in [1.165, 1.54) is 23.1 Å². The van der Waals surface area contributed by atoms with Crippen LogP contribution in [0.25, 0.3) is 11.5 Å². The van der Waals surface area contributed by atoms with Crippen LogP contribution in [-0.4, -0.2) is 26.9 Å². The fourth-order valence-corrected chi connectivity index (χ4v) is 3.86. The second-order valence-corrected chi connectivity index (χ2v) is 8.47. The van der Waals surface area contributed by atoms with Gasteiger partial charge in [-0.2, -0.15) is 0 Å². The van der Waals surface area contributed by atoms with E-state index in [-0.39, 0.29) is 0 Å². The smallest absolute Gasteiger partial charge is 0.248 e. The molecule has 126 valence electrons. The highest BCUT2D eigenvalue weighted by atomic mass is 79.9. The molecule has 0 spiro atoms. The topological polar surface area (TPSA) is 76.7 Å². The Bertz CT molecular complexity index is 805. The molecule has 1 N–H and O–H groups in total. The highest BCUT2D eigenvalue weighted by molar-refractivity contribution is 9.10. The van der Waals surface area contributed by atoms with Gasteiger partial charge < -0.3 is 9.73 Å². The number of thioether (sulfide) groups is 1. The zero-order chi connectivity index (χ0) is 16.9. The highest BCUT2D eigenvalue weighted by Gasteiger charge is 2.13. The van der Waals surface area contributed by atoms with Crippen LogP contribution < -0.4 is 5.32 Å². The molecule has 24 heavy (non-hydrogen) atoms. The Kier molecular flexibility index (Phi) is 5.85. The summed E-state index contributed by atoms with van der Waals surface area (Å²) < 4.78 is 7.53. The van der Waals surface area contributed by atoms with Crippen molar-refractivity contribution in [3.8, 4) is 11.5 Å². The van der Waals surface area contributed by atoms with Crippen molar-refractivity contribution in [2.24, 2.45) is 5.92 Å². The monoisotopic (exact) mass is 425 g/mol. The molecule has 2 aromatic heterocycles. The Hall–Kier alpha value is -1.45. The van der Waals surface area contributed by atoms with Gasteiger partial charge in [0, 0.05) is 11.0 Å². The Balaban J connectivity index is 1.59. The molecule has 9 heteroatoms. The Morgan fingerprint density at radius 3 is 2.83 bits per heavy atom. The van der Waals surface area contributed by atoms with Crippen molar-refractivity contribution in [3.63, 3.8) is 0 Å². The molecule has 6 nitrogen and oxygen atoms in total. The van der Waals surface area contributed by atoms with Gasteiger partial charge in [0.2, 0.25) is 16.9 Å². The summed E-state index contributed by atoms with van der Waals surface area (Å²) in [6, 6.07) is 7.76. The molecule has 1 aromatic carbocycles. The van der Waals surface area contributed by atoms with Gasteiger partial charge in [0.25, 0.3) is 0 Å². The van der Waals surface area contributed by atoms with E-state index >= 15 is 0 Å². The molecule has 0 fully saturated rings. The fourth-order valence-electron chi connectivity index (χ4n) is 1.81. The molecule has 0 saturated carbocycles. The predicted molar refractivity (Wildman–Crippen MR) is 100 cm³/mol. The number of benzene rings is 1. The van der Waals surface area contributed by atoms with E-state index in [9.17, 15) is 0 Å². The largest absolute Gasteiger partial charge is 0.420 e. The molecular weight excluding hydrogens is 410 g/mol. The summed E-state index contributed by atoms with van der Waals surface area (Å²) in [7, 11) is 0. The standard InChI is InChI=1S/C15H16BrN5OS2/c1-9(2)7-17-14-20-21-15(24-14)23-8-12-18-19-13(22-12)10-5-3-4-6-11(10)16/h3-6,9H,7-8H2,1-2H3,(H,17,20). The van der Waals surface area contributed by atoms with E-state index in [4.69, 9.17) is 4.42 Å². The van der Waals surface area contributed by atoms with Crippen LogP contribution in [0.2, 0.25) is 0 Å². The van der Waals surface area contributed by atoms with Crippen molar-refractivity contribution in [2.45, 2.75) is 23.9 Å². The van der Waals surface area contributed by atoms with Gasteiger partial charge in [0.1, 0.15) is 0 Å². The van der Waals surface area contributed by atoms with Crippen molar-refractivity contribution in [3.05, 3.63) is 34.6 Å². The average molecular weight is 426 g/mol. The maximum atomic E-state index is 5.73. The Labute approximate surface area is 156 Å². The van der Waals surface area contributed by atoms with Crippen LogP contribution >= 0.6 is 39.0 Å². The van der Waals surface area contributed by atoms with Gasteiger partial charge in [-0.15, -0.1) is 20.4 Å². The predicted octanol–water partition coefficient (Wildman–Crippen LogP) is 4.71. The summed E-state index contributed by atoms with van der Waals surface area (Å²) in [4.78, 5) is 0. The summed E-state index contributed by atoms with van der Waals surface area (Å²) in [5.41, 5.74) is 0.886. The zero-order valence-electron chi connectivity index (χ0n) is 13.2. The lowest BCUT2D eigenvalue weighted by atomic mass is 10.2. The van der Waals surface area contributed by atoms with Crippen LogP contribution in [-0.2, 0) is 5.75 Å². The Morgan fingerprint density at radius 2 is 2.04 bits per heavy atom. The minimum absolute atomic E-state index is 0.509. The summed E-state index contributed by atoms with van der Waals surface area (Å²) in [5.74, 6) is 2.21. The minimum atomic E-state index is 0.509. The molecule has 0 atom stereocenters. The molecule has 0 radical (unpaired) electrons. The first kappa shape index (κ1) is 17.4. The SMILES string of the molecule is CC(C)CNc1nnc(SCc2nnc(-c3ccccc3Br)o2)s1. The van der Waals surface area contributed by atoms with E-state index in [0.717, 1.165) is 26.1 Å². The third-order valence-electron chi connectivity index (χ3n) is 2.96. The quantitative estimate of drug-likeness (QED) is 0.548. The van der Waals surface area contributed by atoms with Crippen LogP contribution in [0, 0.1) is 5.92 Å². The lowest BCUT2D eigenvalue weighted by molar-refractivity contribution is 0.528. The third kappa shape index (κ3) is 4.55. The summed E-state index contributed by atoms with van der Waals surface area (Å²) in [6.45, 7) is 5.20. The molecule has 2 heterocycles. The molecule has 0 unspecified atom stereocenters. The summed E-state index contributed by atoms with van der Waals surface area (Å²) in [6.07, 6.45) is 0. The van der Waals surface area contributed by atoms with Gasteiger partial charge in [-0.25, -0.2) is 0 Å². The van der Waals surface area contributed by atoms with Gasteiger partial charge >= 0.3 is 0 Å². The van der Waals surface area contributed by atoms with Crippen LogP contribution in [0.5, 0.6) is 0 Å². The van der Waals surface area contributed by atoms with E-state index in [1.807, 2.05) is 24.3 Å². The minimum Gasteiger partial charge on any atom is -0.420 e. The molecule has 0 saturated heterocycles. The number of anilines is 1. The van der Waals surface area contributed by atoms with Gasteiger partial charge in [-0.3, -0.25) is 0 Å². The fraction of sp³-hybridized carbons (Fsp3) is 0.333. The van der Waals surface area contributed by atoms with Crippen molar-refractivity contribution in [1.29, 1.82) is 0 Å². The van der Waals surface area contributed by atoms with Crippen LogP contribution in [0.4, 0.5) is 5.13 Å². The van der Waals surface area contributed by atoms with Gasteiger partial charge in [-0.1, -0.05) is 49.1 Å². The lowest BCUT2D eigenvalue weighted by Gasteiger charge is -2.03. The van der Waals surface area contributed by atoms with Gasteiger partial charge in [0.15, 0.2) is 4.34 Å². The van der Waals surface area contributed by atoms with Crippen molar-refractivity contribution < 1.29 is 4.42 Å². The highest BCUT2D eigenvalue weighted by Crippen LogP contribution is 2.30. The molecule has 0 aliphatic carbocycles. The van der Waals surface area contributed by atoms with E-state index < -0.39 is 0 Å². The average Bonchev–Trinajstić information content (AvgIpc) is 3.21. The van der Waals surface area contributed by atoms with Gasteiger partial charge in [-0.05, 0) is 34.0 Å². The number of hydrogen-bond acceptors (Lipinski definition) is 8. The van der Waals surface area contributed by atoms with Crippen molar-refractivity contribution >= 4 is 44.2 Å². The number of aromatic nitrogens is 4. The molecule has 0 bridgehead atoms. The number of nitrogens with one attached hydrogen (secondary N) is 1. The lowest BCUT2D eigenvalue weighted by Crippen LogP contribution is -2.07. The first-order chi connectivity index (χ1) is 11.6. The second-order valence-electron chi connectivity index (χ2n) is 5.42. The molecule has 0 aliphatic rings. The molecule has 3 rings (SSSR count). The number of nitrogens with zero attached hydrogens (tertiary/aromatic N) is 4. The maximum Gasteiger partial charge on any atom is 0.248 e. The van der Waals surface area contributed by atoms with Crippen molar-refractivity contribution in [1.82, 2.24) is 20.4 Å². The maximum absolute atomic E-state index is 5.73. The van der Waals surface area contributed by atoms with Crippen molar-refractivity contribution in [2.75, 3.05) is 11.9 Å². The first-order valence-corrected chi connectivity index (χ1v) is 9.99. The Morgan fingerprint density at radius 1 is 1.21 bits per heavy atom. The van der Waals surface area contributed by atoms with Crippen LogP contribution in [0.15, 0.2) is 37.5 Å². The normalized spacial score (nSPS) is 11.2. The van der Waals surface area contributed by atoms with E-state index in [0.29, 0.717) is 23.5 Å². The molecular formula is C15H16BrN5OS2.